The molecule has 0 saturated carbocycles. The van der Waals surface area contributed by atoms with Gasteiger partial charge in [-0.3, -0.25) is 14.4 Å². The fourth-order valence-electron chi connectivity index (χ4n) is 3.34. The van der Waals surface area contributed by atoms with E-state index in [-0.39, 0.29) is 22.9 Å². The topological polar surface area (TPSA) is 78.5 Å². The van der Waals surface area contributed by atoms with Crippen LogP contribution in [-0.4, -0.2) is 17.7 Å². The van der Waals surface area contributed by atoms with Crippen molar-refractivity contribution in [3.05, 3.63) is 94.9 Å². The van der Waals surface area contributed by atoms with Crippen LogP contribution in [0.15, 0.2) is 78.5 Å². The van der Waals surface area contributed by atoms with Gasteiger partial charge in [0.1, 0.15) is 11.5 Å². The van der Waals surface area contributed by atoms with Crippen LogP contribution in [0.25, 0.3) is 5.57 Å². The fraction of sp³-hybridized carbons (Fsp3) is 0.0417. The molecule has 1 aliphatic rings. The average molecular weight is 450 g/mol. The van der Waals surface area contributed by atoms with Crippen molar-refractivity contribution in [2.75, 3.05) is 15.5 Å². The Labute approximate surface area is 188 Å². The molecule has 1 aliphatic heterocycles. The van der Waals surface area contributed by atoms with E-state index in [2.05, 4.69) is 10.6 Å². The number of anilines is 3. The van der Waals surface area contributed by atoms with Crippen molar-refractivity contribution in [2.24, 2.45) is 0 Å². The Morgan fingerprint density at radius 1 is 0.844 bits per heavy atom. The van der Waals surface area contributed by atoms with Crippen LogP contribution in [0.3, 0.4) is 0 Å². The zero-order chi connectivity index (χ0) is 22.8. The summed E-state index contributed by atoms with van der Waals surface area (Å²) in [5, 5.41) is 6.18. The third kappa shape index (κ3) is 4.24. The van der Waals surface area contributed by atoms with Crippen LogP contribution >= 0.6 is 11.6 Å². The van der Waals surface area contributed by atoms with Gasteiger partial charge in [-0.15, -0.1) is 0 Å². The molecule has 0 aliphatic carbocycles. The smallest absolute Gasteiger partial charge is 0.282 e. The summed E-state index contributed by atoms with van der Waals surface area (Å²) in [6, 6.07) is 18.4. The molecule has 0 bridgehead atoms. The summed E-state index contributed by atoms with van der Waals surface area (Å²) >= 11 is 5.98. The third-order valence-corrected chi connectivity index (χ3v) is 5.03. The van der Waals surface area contributed by atoms with E-state index in [0.717, 1.165) is 4.90 Å². The molecule has 3 amide bonds. The van der Waals surface area contributed by atoms with Crippen molar-refractivity contribution in [2.45, 2.75) is 6.92 Å². The summed E-state index contributed by atoms with van der Waals surface area (Å²) in [4.78, 5) is 38.8. The van der Waals surface area contributed by atoms with E-state index >= 15 is 0 Å². The summed E-state index contributed by atoms with van der Waals surface area (Å²) < 4.78 is 13.4. The van der Waals surface area contributed by atoms with E-state index in [0.29, 0.717) is 22.0 Å². The van der Waals surface area contributed by atoms with E-state index in [9.17, 15) is 18.8 Å². The largest absolute Gasteiger partial charge is 0.350 e. The lowest BCUT2D eigenvalue weighted by atomic mass is 10.0. The molecular weight excluding hydrogens is 433 g/mol. The number of carbonyl (C=O) groups is 3. The molecule has 4 rings (SSSR count). The van der Waals surface area contributed by atoms with Crippen LogP contribution in [0.2, 0.25) is 5.02 Å². The number of nitrogens with zero attached hydrogens (tertiary/aromatic N) is 1. The maximum atomic E-state index is 13.4. The normalized spacial score (nSPS) is 13.5. The lowest BCUT2D eigenvalue weighted by molar-refractivity contribution is -0.120. The maximum Gasteiger partial charge on any atom is 0.282 e. The minimum absolute atomic E-state index is 0.0777. The molecule has 32 heavy (non-hydrogen) atoms. The van der Waals surface area contributed by atoms with Crippen LogP contribution in [0.4, 0.5) is 21.5 Å². The van der Waals surface area contributed by atoms with E-state index in [1.54, 1.807) is 48.5 Å². The zero-order valence-corrected chi connectivity index (χ0v) is 17.6. The Balaban J connectivity index is 1.74. The summed E-state index contributed by atoms with van der Waals surface area (Å²) in [5.74, 6) is -1.79. The van der Waals surface area contributed by atoms with Gasteiger partial charge in [-0.2, -0.15) is 0 Å². The first kappa shape index (κ1) is 21.3. The molecule has 0 unspecified atom stereocenters. The molecule has 160 valence electrons. The van der Waals surface area contributed by atoms with E-state index in [1.807, 2.05) is 0 Å². The SMILES string of the molecule is CC(=O)Nc1ccc(NC2=C(c3ccc(Cl)cc3)C(=O)N(c3ccc(F)cc3)C2=O)cc1. The van der Waals surface area contributed by atoms with Gasteiger partial charge >= 0.3 is 0 Å². The monoisotopic (exact) mass is 449 g/mol. The predicted octanol–water partition coefficient (Wildman–Crippen LogP) is 4.83. The van der Waals surface area contributed by atoms with Crippen molar-refractivity contribution in [3.63, 3.8) is 0 Å². The fourth-order valence-corrected chi connectivity index (χ4v) is 3.47. The standard InChI is InChI=1S/C24H17ClFN3O3/c1-14(30)27-18-8-10-19(11-9-18)28-22-21(15-2-4-16(25)5-3-15)23(31)29(24(22)32)20-12-6-17(26)7-13-20/h2-13,28H,1H3,(H,27,30). The average Bonchev–Trinajstić information content (AvgIpc) is 3.00. The molecule has 8 heteroatoms. The highest BCUT2D eigenvalue weighted by molar-refractivity contribution is 6.46. The van der Waals surface area contributed by atoms with Crippen molar-refractivity contribution in [1.29, 1.82) is 0 Å². The van der Waals surface area contributed by atoms with Gasteiger partial charge in [-0.1, -0.05) is 23.7 Å². The molecule has 2 N–H and O–H groups in total. The Morgan fingerprint density at radius 2 is 1.44 bits per heavy atom. The van der Waals surface area contributed by atoms with Crippen LogP contribution < -0.4 is 15.5 Å². The molecule has 0 atom stereocenters. The second-order valence-corrected chi connectivity index (χ2v) is 7.50. The van der Waals surface area contributed by atoms with E-state index in [4.69, 9.17) is 11.6 Å². The minimum atomic E-state index is -0.572. The van der Waals surface area contributed by atoms with Gasteiger partial charge in [0.25, 0.3) is 11.8 Å². The van der Waals surface area contributed by atoms with Crippen LogP contribution in [-0.2, 0) is 14.4 Å². The Kier molecular flexibility index (Phi) is 5.75. The Hall–Kier alpha value is -3.97. The third-order valence-electron chi connectivity index (χ3n) is 4.78. The first-order chi connectivity index (χ1) is 15.3. The number of hydrogen-bond donors (Lipinski definition) is 2. The van der Waals surface area contributed by atoms with Crippen LogP contribution in [0, 0.1) is 5.82 Å². The van der Waals surface area contributed by atoms with E-state index in [1.165, 1.54) is 31.2 Å². The number of halogens is 2. The van der Waals surface area contributed by atoms with Gasteiger partial charge in [-0.25, -0.2) is 9.29 Å². The first-order valence-corrected chi connectivity index (χ1v) is 10.0. The van der Waals surface area contributed by atoms with Gasteiger partial charge in [0, 0.05) is 23.3 Å². The summed E-state index contributed by atoms with van der Waals surface area (Å²) in [6.45, 7) is 1.40. The highest BCUT2D eigenvalue weighted by Gasteiger charge is 2.40. The van der Waals surface area contributed by atoms with Crippen LogP contribution in [0.1, 0.15) is 12.5 Å². The number of hydrogen-bond acceptors (Lipinski definition) is 4. The second-order valence-electron chi connectivity index (χ2n) is 7.06. The number of benzene rings is 3. The summed E-state index contributed by atoms with van der Waals surface area (Å²) in [7, 11) is 0. The number of imide groups is 1. The van der Waals surface area contributed by atoms with Gasteiger partial charge in [0.05, 0.1) is 11.3 Å². The molecular formula is C24H17ClFN3O3. The van der Waals surface area contributed by atoms with Crippen molar-refractivity contribution in [3.8, 4) is 0 Å². The molecule has 3 aromatic rings. The molecule has 1 heterocycles. The first-order valence-electron chi connectivity index (χ1n) is 9.63. The van der Waals surface area contributed by atoms with Gasteiger partial charge in [0.15, 0.2) is 0 Å². The highest BCUT2D eigenvalue weighted by atomic mass is 35.5. The number of rotatable bonds is 5. The highest BCUT2D eigenvalue weighted by Crippen LogP contribution is 2.34. The zero-order valence-electron chi connectivity index (χ0n) is 16.9. The predicted molar refractivity (Wildman–Crippen MR) is 122 cm³/mol. The van der Waals surface area contributed by atoms with Crippen LogP contribution in [0.5, 0.6) is 0 Å². The quantitative estimate of drug-likeness (QED) is 0.547. The Morgan fingerprint density at radius 3 is 2.03 bits per heavy atom. The molecule has 6 nitrogen and oxygen atoms in total. The van der Waals surface area contributed by atoms with Crippen molar-refractivity contribution >= 4 is 52.0 Å². The van der Waals surface area contributed by atoms with Crippen molar-refractivity contribution < 1.29 is 18.8 Å². The van der Waals surface area contributed by atoms with E-state index < -0.39 is 17.6 Å². The molecule has 3 aromatic carbocycles. The maximum absolute atomic E-state index is 13.4. The molecule has 0 spiro atoms. The number of amides is 3. The summed E-state index contributed by atoms with van der Waals surface area (Å²) in [6.07, 6.45) is 0. The lowest BCUT2D eigenvalue weighted by Gasteiger charge is -2.15. The van der Waals surface area contributed by atoms with Gasteiger partial charge in [-0.05, 0) is 66.2 Å². The molecule has 0 saturated heterocycles. The second kappa shape index (κ2) is 8.64. The number of carbonyl (C=O) groups excluding carboxylic acids is 3. The minimum Gasteiger partial charge on any atom is -0.350 e. The van der Waals surface area contributed by atoms with Gasteiger partial charge in [0.2, 0.25) is 5.91 Å². The molecule has 0 radical (unpaired) electrons. The van der Waals surface area contributed by atoms with Gasteiger partial charge < -0.3 is 10.6 Å². The summed E-state index contributed by atoms with van der Waals surface area (Å²) in [5.41, 5.74) is 2.15. The number of nitrogens with one attached hydrogen (secondary N) is 2. The molecule has 0 aromatic heterocycles. The molecule has 0 fully saturated rings. The Bertz CT molecular complexity index is 1240. The lowest BCUT2D eigenvalue weighted by Crippen LogP contribution is -2.32. The van der Waals surface area contributed by atoms with Crippen molar-refractivity contribution in [1.82, 2.24) is 0 Å².